The van der Waals surface area contributed by atoms with Crippen molar-refractivity contribution in [3.05, 3.63) is 0 Å². The summed E-state index contributed by atoms with van der Waals surface area (Å²) in [6, 6.07) is -0.629. The molecule has 0 saturated heterocycles. The van der Waals surface area contributed by atoms with Gasteiger partial charge in [0.05, 0.1) is 6.04 Å². The van der Waals surface area contributed by atoms with Gasteiger partial charge in [-0.2, -0.15) is 11.8 Å². The highest BCUT2D eigenvalue weighted by Crippen LogP contribution is 2.16. The van der Waals surface area contributed by atoms with Crippen LogP contribution in [0.15, 0.2) is 0 Å². The summed E-state index contributed by atoms with van der Waals surface area (Å²) in [6.45, 7) is 6.96. The third-order valence-corrected chi connectivity index (χ3v) is 10.2. The van der Waals surface area contributed by atoms with Gasteiger partial charge in [0, 0.05) is 30.9 Å². The third-order valence-electron chi connectivity index (χ3n) is 8.99. The Balaban J connectivity index is 4.19. The monoisotopic (exact) mass is 699 g/mol. The van der Waals surface area contributed by atoms with Crippen molar-refractivity contribution in [1.82, 2.24) is 5.32 Å². The van der Waals surface area contributed by atoms with Crippen LogP contribution in [-0.2, 0) is 23.9 Å². The smallest absolute Gasteiger partial charge is 0.306 e. The van der Waals surface area contributed by atoms with Crippen LogP contribution < -0.4 is 11.1 Å². The first-order valence-corrected chi connectivity index (χ1v) is 21.6. The number of esters is 2. The quantitative estimate of drug-likeness (QED) is 0.0491. The summed E-state index contributed by atoms with van der Waals surface area (Å²) in [5, 5.41) is 2.73. The first-order valence-electron chi connectivity index (χ1n) is 20.4. The largest absolute Gasteiger partial charge is 0.462 e. The van der Waals surface area contributed by atoms with Gasteiger partial charge in [0.1, 0.15) is 12.7 Å². The molecule has 0 aliphatic rings. The Morgan fingerprint density at radius 2 is 0.917 bits per heavy atom. The lowest BCUT2D eigenvalue weighted by Crippen LogP contribution is -2.42. The average molecular weight is 699 g/mol. The van der Waals surface area contributed by atoms with Gasteiger partial charge >= 0.3 is 11.9 Å². The van der Waals surface area contributed by atoms with Crippen molar-refractivity contribution in [2.75, 3.05) is 24.7 Å². The standard InChI is InChI=1S/C40H78N2O5S/c1-4-7-9-11-13-15-17-19-21-23-25-27-29-31-38(43)46-33-36(34-48-35-37(41)40(45)42-6-3)47-39(44)32-30-28-26-24-22-20-18-16-14-12-10-8-5-2/h36-37H,4-35,41H2,1-3H3,(H,42,45). The Labute approximate surface area is 301 Å². The molecule has 0 heterocycles. The second kappa shape index (κ2) is 37.0. The minimum absolute atomic E-state index is 0.0466. The molecule has 0 aliphatic heterocycles. The predicted molar refractivity (Wildman–Crippen MR) is 205 cm³/mol. The Hall–Kier alpha value is -1.28. The lowest BCUT2D eigenvalue weighted by Gasteiger charge is -2.19. The van der Waals surface area contributed by atoms with E-state index in [0.29, 0.717) is 30.9 Å². The van der Waals surface area contributed by atoms with Crippen LogP contribution in [0.5, 0.6) is 0 Å². The molecule has 0 aromatic rings. The van der Waals surface area contributed by atoms with Gasteiger partial charge in [-0.15, -0.1) is 0 Å². The van der Waals surface area contributed by atoms with E-state index < -0.39 is 12.1 Å². The Bertz CT molecular complexity index is 738. The molecule has 48 heavy (non-hydrogen) atoms. The third kappa shape index (κ3) is 33.2. The van der Waals surface area contributed by atoms with E-state index in [2.05, 4.69) is 19.2 Å². The number of amides is 1. The van der Waals surface area contributed by atoms with Gasteiger partial charge in [0.2, 0.25) is 5.91 Å². The van der Waals surface area contributed by atoms with Crippen molar-refractivity contribution >= 4 is 29.6 Å². The molecule has 8 heteroatoms. The lowest BCUT2D eigenvalue weighted by molar-refractivity contribution is -0.157. The van der Waals surface area contributed by atoms with Crippen molar-refractivity contribution in [2.45, 2.75) is 213 Å². The molecular weight excluding hydrogens is 621 g/mol. The Morgan fingerprint density at radius 1 is 0.542 bits per heavy atom. The summed E-state index contributed by atoms with van der Waals surface area (Å²) in [5.41, 5.74) is 5.99. The fourth-order valence-electron chi connectivity index (χ4n) is 5.90. The molecule has 1 amide bonds. The van der Waals surface area contributed by atoms with Crippen molar-refractivity contribution in [3.8, 4) is 0 Å². The maximum Gasteiger partial charge on any atom is 0.306 e. The normalized spacial score (nSPS) is 12.5. The van der Waals surface area contributed by atoms with Crippen molar-refractivity contribution < 1.29 is 23.9 Å². The molecule has 2 unspecified atom stereocenters. The number of likely N-dealkylation sites (N-methyl/N-ethyl adjacent to an activating group) is 1. The van der Waals surface area contributed by atoms with E-state index in [-0.39, 0.29) is 24.5 Å². The zero-order chi connectivity index (χ0) is 35.3. The summed E-state index contributed by atoms with van der Waals surface area (Å²) in [7, 11) is 0. The highest BCUT2D eigenvalue weighted by atomic mass is 32.2. The summed E-state index contributed by atoms with van der Waals surface area (Å²) in [6.07, 6.45) is 33.0. The van der Waals surface area contributed by atoms with E-state index in [1.807, 2.05) is 6.92 Å². The summed E-state index contributed by atoms with van der Waals surface area (Å²) >= 11 is 1.45. The minimum atomic E-state index is -0.629. The maximum atomic E-state index is 12.6. The average Bonchev–Trinajstić information content (AvgIpc) is 3.07. The highest BCUT2D eigenvalue weighted by Gasteiger charge is 2.19. The first kappa shape index (κ1) is 46.7. The van der Waals surface area contributed by atoms with Crippen molar-refractivity contribution in [1.29, 1.82) is 0 Å². The minimum Gasteiger partial charge on any atom is -0.462 e. The zero-order valence-electron chi connectivity index (χ0n) is 31.8. The number of thioether (sulfide) groups is 1. The maximum absolute atomic E-state index is 12.6. The fourth-order valence-corrected chi connectivity index (χ4v) is 6.87. The molecule has 0 spiro atoms. The number of carbonyl (C=O) groups is 3. The van der Waals surface area contributed by atoms with E-state index in [4.69, 9.17) is 15.2 Å². The van der Waals surface area contributed by atoms with Crippen LogP contribution in [-0.4, -0.2) is 54.6 Å². The molecule has 3 N–H and O–H groups in total. The van der Waals surface area contributed by atoms with E-state index in [9.17, 15) is 14.4 Å². The van der Waals surface area contributed by atoms with Gasteiger partial charge in [-0.1, -0.05) is 168 Å². The van der Waals surface area contributed by atoms with E-state index in [1.165, 1.54) is 140 Å². The van der Waals surface area contributed by atoms with Gasteiger partial charge < -0.3 is 20.5 Å². The van der Waals surface area contributed by atoms with Crippen molar-refractivity contribution in [2.24, 2.45) is 5.73 Å². The Kier molecular flexibility index (Phi) is 36.0. The van der Waals surface area contributed by atoms with Crippen LogP contribution in [0.4, 0.5) is 0 Å². The summed E-state index contributed by atoms with van der Waals surface area (Å²) < 4.78 is 11.3. The van der Waals surface area contributed by atoms with Crippen LogP contribution >= 0.6 is 11.8 Å². The van der Waals surface area contributed by atoms with Gasteiger partial charge in [-0.25, -0.2) is 0 Å². The van der Waals surface area contributed by atoms with Gasteiger partial charge in [-0.05, 0) is 19.8 Å². The molecule has 0 bridgehead atoms. The van der Waals surface area contributed by atoms with Crippen LogP contribution in [0, 0.1) is 0 Å². The van der Waals surface area contributed by atoms with Gasteiger partial charge in [-0.3, -0.25) is 14.4 Å². The molecule has 0 radical (unpaired) electrons. The number of nitrogens with two attached hydrogens (primary N) is 1. The number of unbranched alkanes of at least 4 members (excludes halogenated alkanes) is 24. The number of hydrogen-bond donors (Lipinski definition) is 2. The molecule has 0 rings (SSSR count). The molecule has 0 aromatic heterocycles. The zero-order valence-corrected chi connectivity index (χ0v) is 32.6. The predicted octanol–water partition coefficient (Wildman–Crippen LogP) is 10.6. The first-order chi connectivity index (χ1) is 23.4. The SMILES string of the molecule is CCCCCCCCCCCCCCCC(=O)OCC(CSCC(N)C(=O)NCC)OC(=O)CCCCCCCCCCCCCCC. The van der Waals surface area contributed by atoms with Gasteiger partial charge in [0.25, 0.3) is 0 Å². The number of hydrogen-bond acceptors (Lipinski definition) is 7. The van der Waals surface area contributed by atoms with E-state index in [1.54, 1.807) is 0 Å². The fraction of sp³-hybridized carbons (Fsp3) is 0.925. The van der Waals surface area contributed by atoms with Crippen LogP contribution in [0.25, 0.3) is 0 Å². The molecule has 0 aromatic carbocycles. The van der Waals surface area contributed by atoms with Crippen LogP contribution in [0.2, 0.25) is 0 Å². The number of ether oxygens (including phenoxy) is 2. The Morgan fingerprint density at radius 3 is 1.31 bits per heavy atom. The number of rotatable bonds is 37. The second-order valence-electron chi connectivity index (χ2n) is 13.8. The second-order valence-corrected chi connectivity index (χ2v) is 14.9. The summed E-state index contributed by atoms with van der Waals surface area (Å²) in [4.78, 5) is 37.1. The number of nitrogens with one attached hydrogen (secondary N) is 1. The molecule has 0 saturated carbocycles. The topological polar surface area (TPSA) is 108 Å². The molecule has 2 atom stereocenters. The molecule has 284 valence electrons. The lowest BCUT2D eigenvalue weighted by atomic mass is 10.0. The number of carbonyl (C=O) groups excluding carboxylic acids is 3. The molecule has 7 nitrogen and oxygen atoms in total. The molecule has 0 fully saturated rings. The van der Waals surface area contributed by atoms with E-state index in [0.717, 1.165) is 38.5 Å². The van der Waals surface area contributed by atoms with Crippen LogP contribution in [0.3, 0.4) is 0 Å². The highest BCUT2D eigenvalue weighted by molar-refractivity contribution is 7.99. The van der Waals surface area contributed by atoms with Gasteiger partial charge in [0.15, 0.2) is 0 Å². The van der Waals surface area contributed by atoms with Crippen LogP contribution in [0.1, 0.15) is 201 Å². The molecular formula is C40H78N2O5S. The van der Waals surface area contributed by atoms with Crippen molar-refractivity contribution in [3.63, 3.8) is 0 Å². The molecule has 0 aliphatic carbocycles. The summed E-state index contributed by atoms with van der Waals surface area (Å²) in [5.74, 6) is 0.170. The van der Waals surface area contributed by atoms with E-state index >= 15 is 0 Å².